The molecule has 0 N–H and O–H groups in total. The van der Waals surface area contributed by atoms with Crippen molar-refractivity contribution in [1.29, 1.82) is 0 Å². The van der Waals surface area contributed by atoms with E-state index in [2.05, 4.69) is 0 Å². The maximum Gasteiger partial charge on any atom is 0.336 e. The fraction of sp³-hybridized carbons (Fsp3) is 0.125. The highest BCUT2D eigenvalue weighted by Crippen LogP contribution is 2.39. The number of halogens is 1. The zero-order valence-corrected chi connectivity index (χ0v) is 16.9. The van der Waals surface area contributed by atoms with E-state index in [1.165, 1.54) is 6.07 Å². The van der Waals surface area contributed by atoms with E-state index in [-0.39, 0.29) is 13.4 Å². The minimum absolute atomic E-state index is 0.179. The molecule has 30 heavy (non-hydrogen) atoms. The third kappa shape index (κ3) is 3.37. The summed E-state index contributed by atoms with van der Waals surface area (Å²) in [5.41, 5.74) is 3.43. The topological polar surface area (TPSA) is 57.9 Å². The van der Waals surface area contributed by atoms with Gasteiger partial charge in [-0.05, 0) is 36.2 Å². The summed E-state index contributed by atoms with van der Waals surface area (Å²) in [6.07, 6.45) is 0. The van der Waals surface area contributed by atoms with Gasteiger partial charge < -0.3 is 18.6 Å². The predicted octanol–water partition coefficient (Wildman–Crippen LogP) is 5.73. The summed E-state index contributed by atoms with van der Waals surface area (Å²) in [5, 5.41) is 1.27. The van der Waals surface area contributed by atoms with Crippen molar-refractivity contribution in [2.24, 2.45) is 0 Å². The molecular formula is C24H17ClO5. The summed E-state index contributed by atoms with van der Waals surface area (Å²) < 4.78 is 22.5. The third-order valence-corrected chi connectivity index (χ3v) is 5.31. The first-order valence-electron chi connectivity index (χ1n) is 9.43. The largest absolute Gasteiger partial charge is 0.488 e. The van der Waals surface area contributed by atoms with Gasteiger partial charge in [0.15, 0.2) is 11.5 Å². The molecule has 0 saturated carbocycles. The van der Waals surface area contributed by atoms with Crippen LogP contribution in [-0.4, -0.2) is 6.79 Å². The zero-order valence-electron chi connectivity index (χ0n) is 16.1. The quantitative estimate of drug-likeness (QED) is 0.394. The number of fused-ring (bicyclic) bond motifs is 2. The average Bonchev–Trinajstić information content (AvgIpc) is 3.18. The van der Waals surface area contributed by atoms with Gasteiger partial charge in [-0.2, -0.15) is 0 Å². The molecule has 2 heterocycles. The van der Waals surface area contributed by atoms with Crippen LogP contribution in [0.3, 0.4) is 0 Å². The normalized spacial score (nSPS) is 12.3. The second-order valence-corrected chi connectivity index (χ2v) is 7.47. The van der Waals surface area contributed by atoms with Gasteiger partial charge in [-0.15, -0.1) is 0 Å². The molecule has 0 fully saturated rings. The summed E-state index contributed by atoms with van der Waals surface area (Å²) >= 11 is 6.40. The van der Waals surface area contributed by atoms with Crippen LogP contribution in [0.4, 0.5) is 0 Å². The SMILES string of the molecule is Cc1cc(OCc2cc3c(cc2Cl)OCO3)c2c(-c3ccccc3)cc(=O)oc2c1. The van der Waals surface area contributed by atoms with E-state index in [4.69, 9.17) is 30.2 Å². The molecule has 0 unspecified atom stereocenters. The van der Waals surface area contributed by atoms with Gasteiger partial charge in [0.05, 0.1) is 10.4 Å². The minimum atomic E-state index is -0.406. The Morgan fingerprint density at radius 2 is 1.77 bits per heavy atom. The Morgan fingerprint density at radius 1 is 1.00 bits per heavy atom. The third-order valence-electron chi connectivity index (χ3n) is 4.96. The van der Waals surface area contributed by atoms with Crippen LogP contribution < -0.4 is 19.8 Å². The number of benzene rings is 3. The summed E-state index contributed by atoms with van der Waals surface area (Å²) in [6, 6.07) is 18.5. The number of rotatable bonds is 4. The molecule has 1 aromatic heterocycles. The first kappa shape index (κ1) is 18.6. The molecule has 3 aromatic carbocycles. The van der Waals surface area contributed by atoms with Crippen molar-refractivity contribution in [2.75, 3.05) is 6.79 Å². The van der Waals surface area contributed by atoms with Gasteiger partial charge in [-0.25, -0.2) is 4.79 Å². The number of hydrogen-bond donors (Lipinski definition) is 0. The van der Waals surface area contributed by atoms with Crippen molar-refractivity contribution < 1.29 is 18.6 Å². The number of aryl methyl sites for hydroxylation is 1. The van der Waals surface area contributed by atoms with Crippen LogP contribution in [0.2, 0.25) is 5.02 Å². The van der Waals surface area contributed by atoms with Crippen LogP contribution in [-0.2, 0) is 6.61 Å². The predicted molar refractivity (Wildman–Crippen MR) is 115 cm³/mol. The van der Waals surface area contributed by atoms with Gasteiger partial charge >= 0.3 is 5.63 Å². The average molecular weight is 421 g/mol. The molecule has 0 saturated heterocycles. The van der Waals surface area contributed by atoms with E-state index in [1.807, 2.05) is 55.5 Å². The lowest BCUT2D eigenvalue weighted by molar-refractivity contribution is 0.174. The van der Waals surface area contributed by atoms with Crippen molar-refractivity contribution >= 4 is 22.6 Å². The van der Waals surface area contributed by atoms with Crippen molar-refractivity contribution in [2.45, 2.75) is 13.5 Å². The first-order valence-corrected chi connectivity index (χ1v) is 9.81. The zero-order chi connectivity index (χ0) is 20.7. The standard InChI is InChI=1S/C24H17ClO5/c1-14-7-21(27-12-16-9-19-20(11-18(16)25)29-13-28-19)24-17(15-5-3-2-4-6-15)10-23(26)30-22(24)8-14/h2-11H,12-13H2,1H3. The molecule has 5 nitrogen and oxygen atoms in total. The van der Waals surface area contributed by atoms with Crippen LogP contribution >= 0.6 is 11.6 Å². The smallest absolute Gasteiger partial charge is 0.336 e. The Hall–Kier alpha value is -3.44. The van der Waals surface area contributed by atoms with E-state index >= 15 is 0 Å². The van der Waals surface area contributed by atoms with Crippen molar-refractivity contribution in [3.05, 3.63) is 87.2 Å². The number of hydrogen-bond acceptors (Lipinski definition) is 5. The summed E-state index contributed by atoms with van der Waals surface area (Å²) in [4.78, 5) is 12.2. The maximum absolute atomic E-state index is 12.2. The fourth-order valence-corrected chi connectivity index (χ4v) is 3.79. The molecule has 0 bridgehead atoms. The molecule has 0 radical (unpaired) electrons. The summed E-state index contributed by atoms with van der Waals surface area (Å²) in [7, 11) is 0. The lowest BCUT2D eigenvalue weighted by atomic mass is 10.0. The molecule has 1 aliphatic rings. The fourth-order valence-electron chi connectivity index (χ4n) is 3.58. The van der Waals surface area contributed by atoms with Crippen molar-refractivity contribution in [3.8, 4) is 28.4 Å². The van der Waals surface area contributed by atoms with Gasteiger partial charge in [0.1, 0.15) is 17.9 Å². The van der Waals surface area contributed by atoms with Gasteiger partial charge in [-0.1, -0.05) is 41.9 Å². The monoisotopic (exact) mass is 420 g/mol. The Morgan fingerprint density at radius 3 is 2.57 bits per heavy atom. The van der Waals surface area contributed by atoms with Crippen LogP contribution in [0, 0.1) is 6.92 Å². The molecule has 4 aromatic rings. The van der Waals surface area contributed by atoms with Gasteiger partial charge in [-0.3, -0.25) is 0 Å². The molecule has 5 rings (SSSR count). The highest BCUT2D eigenvalue weighted by atomic mass is 35.5. The molecular weight excluding hydrogens is 404 g/mol. The van der Waals surface area contributed by atoms with Crippen LogP contribution in [0.15, 0.2) is 69.9 Å². The van der Waals surface area contributed by atoms with E-state index in [1.54, 1.807) is 6.07 Å². The molecule has 0 spiro atoms. The Balaban J connectivity index is 1.60. The summed E-state index contributed by atoms with van der Waals surface area (Å²) in [6.45, 7) is 2.33. The van der Waals surface area contributed by atoms with Crippen molar-refractivity contribution in [1.82, 2.24) is 0 Å². The highest BCUT2D eigenvalue weighted by molar-refractivity contribution is 6.31. The van der Waals surface area contributed by atoms with E-state index in [9.17, 15) is 4.79 Å². The first-order chi connectivity index (χ1) is 14.6. The molecule has 0 amide bonds. The van der Waals surface area contributed by atoms with Crippen LogP contribution in [0.5, 0.6) is 17.2 Å². The Labute approximate surface area is 177 Å². The van der Waals surface area contributed by atoms with Gasteiger partial charge in [0.2, 0.25) is 6.79 Å². The van der Waals surface area contributed by atoms with Crippen LogP contribution in [0.1, 0.15) is 11.1 Å². The molecule has 0 atom stereocenters. The second-order valence-electron chi connectivity index (χ2n) is 7.07. The molecule has 6 heteroatoms. The minimum Gasteiger partial charge on any atom is -0.488 e. The van der Waals surface area contributed by atoms with Gasteiger partial charge in [0, 0.05) is 23.3 Å². The lowest BCUT2D eigenvalue weighted by Crippen LogP contribution is -2.02. The van der Waals surface area contributed by atoms with E-state index in [0.717, 1.165) is 27.6 Å². The Kier molecular flexibility index (Phi) is 4.60. The summed E-state index contributed by atoms with van der Waals surface area (Å²) in [5.74, 6) is 1.88. The van der Waals surface area contributed by atoms with E-state index < -0.39 is 5.63 Å². The van der Waals surface area contributed by atoms with Crippen LogP contribution in [0.25, 0.3) is 22.1 Å². The number of ether oxygens (including phenoxy) is 3. The molecule has 0 aliphatic carbocycles. The molecule has 1 aliphatic heterocycles. The van der Waals surface area contributed by atoms with Crippen molar-refractivity contribution in [3.63, 3.8) is 0 Å². The molecule has 150 valence electrons. The lowest BCUT2D eigenvalue weighted by Gasteiger charge is -2.14. The maximum atomic E-state index is 12.2. The van der Waals surface area contributed by atoms with E-state index in [0.29, 0.717) is 27.9 Å². The highest BCUT2D eigenvalue weighted by Gasteiger charge is 2.18. The Bertz CT molecular complexity index is 1310. The van der Waals surface area contributed by atoms with Gasteiger partial charge in [0.25, 0.3) is 0 Å². The second kappa shape index (κ2) is 7.43.